The third kappa shape index (κ3) is 6.25. The maximum atomic E-state index is 11.5. The molecule has 4 rings (SSSR count). The van der Waals surface area contributed by atoms with Gasteiger partial charge < -0.3 is 9.84 Å². The fourth-order valence-corrected chi connectivity index (χ4v) is 5.85. The van der Waals surface area contributed by atoms with Crippen LogP contribution in [-0.2, 0) is 10.8 Å². The molecule has 214 valence electrons. The third-order valence-electron chi connectivity index (χ3n) is 8.36. The zero-order chi connectivity index (χ0) is 29.2. The Labute approximate surface area is 241 Å². The van der Waals surface area contributed by atoms with Crippen LogP contribution in [0.4, 0.5) is 0 Å². The van der Waals surface area contributed by atoms with Crippen LogP contribution in [0.2, 0.25) is 0 Å². The van der Waals surface area contributed by atoms with Crippen LogP contribution >= 0.6 is 0 Å². The first-order valence-electron chi connectivity index (χ1n) is 14.6. The molecule has 1 fully saturated rings. The minimum Gasteiger partial charge on any atom is -0.507 e. The molecule has 0 bridgehead atoms. The van der Waals surface area contributed by atoms with E-state index in [1.54, 1.807) is 7.11 Å². The smallest absolute Gasteiger partial charge is 0.128 e. The van der Waals surface area contributed by atoms with Crippen LogP contribution in [0.15, 0.2) is 60.2 Å². The van der Waals surface area contributed by atoms with E-state index in [-0.39, 0.29) is 22.9 Å². The molecule has 1 aliphatic rings. The topological polar surface area (TPSA) is 58.0 Å². The molecule has 1 aromatic heterocycles. The summed E-state index contributed by atoms with van der Waals surface area (Å²) in [6.45, 7) is 21.3. The zero-order valence-electron chi connectivity index (χ0n) is 25.7. The summed E-state index contributed by atoms with van der Waals surface area (Å²) in [5, 5.41) is 12.5. The van der Waals surface area contributed by atoms with Crippen molar-refractivity contribution >= 4 is 17.1 Å². The number of aliphatic imine (C=N–C) groups is 1. The highest BCUT2D eigenvalue weighted by atomic mass is 16.5. The molecule has 40 heavy (non-hydrogen) atoms. The summed E-state index contributed by atoms with van der Waals surface area (Å²) in [7, 11) is 1.69. The molecule has 1 N–H and O–H groups in total. The monoisotopic (exact) mass is 541 g/mol. The molecular weight excluding hydrogens is 494 g/mol. The Morgan fingerprint density at radius 3 is 2.48 bits per heavy atom. The molecule has 0 saturated carbocycles. The Balaban J connectivity index is 1.90. The van der Waals surface area contributed by atoms with Crippen molar-refractivity contribution in [2.24, 2.45) is 10.9 Å². The highest BCUT2D eigenvalue weighted by Crippen LogP contribution is 2.40. The summed E-state index contributed by atoms with van der Waals surface area (Å²) in [4.78, 5) is 12.5. The van der Waals surface area contributed by atoms with Crippen LogP contribution in [0.3, 0.4) is 0 Å². The number of phenols is 1. The number of fused-ring (bicyclic) bond motifs is 1. The summed E-state index contributed by atoms with van der Waals surface area (Å²) in [5.74, 6) is 1.60. The van der Waals surface area contributed by atoms with Gasteiger partial charge >= 0.3 is 0 Å². The molecule has 2 heterocycles. The second kappa shape index (κ2) is 11.7. The predicted molar refractivity (Wildman–Crippen MR) is 168 cm³/mol. The van der Waals surface area contributed by atoms with Crippen LogP contribution in [-0.4, -0.2) is 47.4 Å². The average molecular weight is 542 g/mol. The standard InChI is InChI=1S/C35H47N3O2/c1-10-23-12-15-31(38(11-2)22-23)32(27-16-17-36-30-14-13-26(40-9)20-28(27)30)37-21-24-18-25(34(3,4)5)19-29(33(24)39)35(6,7)8/h10,13-14,16-21,23,31-32,39H,1,11-12,15,22H2,2-9H3/t23-,31?,32-/m1/s1. The lowest BCUT2D eigenvalue weighted by atomic mass is 9.79. The van der Waals surface area contributed by atoms with Gasteiger partial charge in [-0.15, -0.1) is 6.58 Å². The first kappa shape index (κ1) is 29.8. The number of aromatic nitrogens is 1. The number of phenolic OH excluding ortho intramolecular Hbond substituents is 1. The minimum absolute atomic E-state index is 0.0599. The van der Waals surface area contributed by atoms with Crippen molar-refractivity contribution in [3.8, 4) is 11.5 Å². The van der Waals surface area contributed by atoms with Gasteiger partial charge in [0.2, 0.25) is 0 Å². The largest absolute Gasteiger partial charge is 0.507 e. The van der Waals surface area contributed by atoms with Crippen molar-refractivity contribution in [1.29, 1.82) is 0 Å². The van der Waals surface area contributed by atoms with E-state index in [1.807, 2.05) is 24.5 Å². The molecule has 2 aromatic carbocycles. The van der Waals surface area contributed by atoms with Gasteiger partial charge in [-0.3, -0.25) is 14.9 Å². The number of nitrogens with zero attached hydrogens (tertiary/aromatic N) is 3. The van der Waals surface area contributed by atoms with Gasteiger partial charge in [0.05, 0.1) is 18.7 Å². The summed E-state index contributed by atoms with van der Waals surface area (Å²) >= 11 is 0. The Kier molecular flexibility index (Phi) is 8.75. The van der Waals surface area contributed by atoms with Crippen LogP contribution in [0.1, 0.15) is 89.6 Å². The molecule has 1 aliphatic heterocycles. The zero-order valence-corrected chi connectivity index (χ0v) is 25.7. The van der Waals surface area contributed by atoms with Crippen molar-refractivity contribution < 1.29 is 9.84 Å². The quantitative estimate of drug-likeness (QED) is 0.243. The molecule has 5 heteroatoms. The Morgan fingerprint density at radius 1 is 1.10 bits per heavy atom. The molecule has 3 aromatic rings. The van der Waals surface area contributed by atoms with E-state index in [1.165, 1.54) is 5.56 Å². The number of likely N-dealkylation sites (N-methyl/N-ethyl adjacent to an activating group) is 1. The molecule has 5 nitrogen and oxygen atoms in total. The fraction of sp³-hybridized carbons (Fsp3) is 0.486. The van der Waals surface area contributed by atoms with Crippen molar-refractivity contribution in [2.45, 2.75) is 84.2 Å². The molecule has 1 unspecified atom stereocenters. The van der Waals surface area contributed by atoms with E-state index in [0.717, 1.165) is 59.3 Å². The highest BCUT2D eigenvalue weighted by molar-refractivity contribution is 5.87. The first-order chi connectivity index (χ1) is 18.9. The molecule has 1 saturated heterocycles. The van der Waals surface area contributed by atoms with Gasteiger partial charge in [-0.2, -0.15) is 0 Å². The van der Waals surface area contributed by atoms with E-state index >= 15 is 0 Å². The number of ether oxygens (including phenoxy) is 1. The number of likely N-dealkylation sites (tertiary alicyclic amines) is 1. The van der Waals surface area contributed by atoms with Crippen LogP contribution in [0.5, 0.6) is 11.5 Å². The number of methoxy groups -OCH3 is 1. The number of rotatable bonds is 7. The summed E-state index contributed by atoms with van der Waals surface area (Å²) in [6, 6.07) is 12.5. The van der Waals surface area contributed by atoms with Gasteiger partial charge in [0.15, 0.2) is 0 Å². The third-order valence-corrected chi connectivity index (χ3v) is 8.36. The van der Waals surface area contributed by atoms with E-state index in [2.05, 4.69) is 95.3 Å². The molecular formula is C35H47N3O2. The van der Waals surface area contributed by atoms with Gasteiger partial charge in [0.25, 0.3) is 0 Å². The van der Waals surface area contributed by atoms with Gasteiger partial charge in [-0.1, -0.05) is 60.6 Å². The Morgan fingerprint density at radius 2 is 1.85 bits per heavy atom. The first-order valence-corrected chi connectivity index (χ1v) is 14.6. The SMILES string of the molecule is C=C[C@@H]1CCC([C@H](N=Cc2cc(C(C)(C)C)cc(C(C)(C)C)c2O)c2ccnc3ccc(OC)cc23)N(CC)C1. The van der Waals surface area contributed by atoms with Gasteiger partial charge in [0.1, 0.15) is 11.5 Å². The number of hydrogen-bond acceptors (Lipinski definition) is 5. The molecule has 0 amide bonds. The van der Waals surface area contributed by atoms with Gasteiger partial charge in [0, 0.05) is 41.5 Å². The highest BCUT2D eigenvalue weighted by Gasteiger charge is 2.34. The Hall–Kier alpha value is -3.18. The average Bonchev–Trinajstić information content (AvgIpc) is 2.92. The van der Waals surface area contributed by atoms with Crippen molar-refractivity contribution in [3.05, 3.63) is 77.5 Å². The molecule has 0 spiro atoms. The normalized spacial score (nSPS) is 19.7. The number of pyridine rings is 1. The van der Waals surface area contributed by atoms with Gasteiger partial charge in [-0.05, 0) is 77.6 Å². The van der Waals surface area contributed by atoms with E-state index < -0.39 is 0 Å². The van der Waals surface area contributed by atoms with Crippen molar-refractivity contribution in [2.75, 3.05) is 20.2 Å². The number of piperidine rings is 1. The lowest BCUT2D eigenvalue weighted by Crippen LogP contribution is -2.45. The summed E-state index contributed by atoms with van der Waals surface area (Å²) in [5.41, 5.74) is 4.69. The molecule has 0 radical (unpaired) electrons. The maximum Gasteiger partial charge on any atom is 0.128 e. The van der Waals surface area contributed by atoms with Gasteiger partial charge in [-0.25, -0.2) is 0 Å². The Bertz CT molecular complexity index is 1380. The predicted octanol–water partition coefficient (Wildman–Crippen LogP) is 7.99. The van der Waals surface area contributed by atoms with Crippen molar-refractivity contribution in [1.82, 2.24) is 9.88 Å². The number of benzene rings is 2. The van der Waals surface area contributed by atoms with Crippen molar-refractivity contribution in [3.63, 3.8) is 0 Å². The van der Waals surface area contributed by atoms with E-state index in [0.29, 0.717) is 11.7 Å². The van der Waals surface area contributed by atoms with E-state index in [9.17, 15) is 5.11 Å². The summed E-state index contributed by atoms with van der Waals surface area (Å²) < 4.78 is 5.59. The maximum absolute atomic E-state index is 11.5. The second-order valence-corrected chi connectivity index (χ2v) is 13.2. The molecule has 3 atom stereocenters. The second-order valence-electron chi connectivity index (χ2n) is 13.2. The molecule has 0 aliphatic carbocycles. The summed E-state index contributed by atoms with van der Waals surface area (Å²) in [6.07, 6.45) is 7.98. The fourth-order valence-electron chi connectivity index (χ4n) is 5.85. The number of hydrogen-bond donors (Lipinski definition) is 1. The minimum atomic E-state index is -0.201. The van der Waals surface area contributed by atoms with E-state index in [4.69, 9.17) is 9.73 Å². The number of aromatic hydroxyl groups is 1. The lowest BCUT2D eigenvalue weighted by molar-refractivity contribution is 0.112. The van der Waals surface area contributed by atoms with Crippen LogP contribution in [0.25, 0.3) is 10.9 Å². The lowest BCUT2D eigenvalue weighted by Gasteiger charge is -2.41. The van der Waals surface area contributed by atoms with Crippen LogP contribution in [0, 0.1) is 5.92 Å². The van der Waals surface area contributed by atoms with Crippen LogP contribution < -0.4 is 4.74 Å².